The molecule has 8 heteroatoms. The topological polar surface area (TPSA) is 54.0 Å². The van der Waals surface area contributed by atoms with E-state index in [1.807, 2.05) is 30.3 Å². The number of benzene rings is 3. The monoisotopic (exact) mass is 622 g/mol. The summed E-state index contributed by atoms with van der Waals surface area (Å²) in [6, 6.07) is 14.7. The van der Waals surface area contributed by atoms with E-state index in [0.29, 0.717) is 35.2 Å². The third-order valence-electron chi connectivity index (χ3n) is 4.72. The highest BCUT2D eigenvalue weighted by Gasteiger charge is 2.15. The maximum Gasteiger partial charge on any atom is 0.231 e. The van der Waals surface area contributed by atoms with Crippen LogP contribution in [0.15, 0.2) is 68.0 Å². The van der Waals surface area contributed by atoms with E-state index in [9.17, 15) is 4.79 Å². The second-order valence-electron chi connectivity index (χ2n) is 6.82. The fourth-order valence-corrected chi connectivity index (χ4v) is 5.64. The molecule has 1 heterocycles. The molecule has 0 radical (unpaired) electrons. The van der Waals surface area contributed by atoms with E-state index in [0.717, 1.165) is 24.5 Å². The van der Waals surface area contributed by atoms with Crippen molar-refractivity contribution in [2.75, 3.05) is 13.9 Å². The Morgan fingerprint density at radius 1 is 1.00 bits per heavy atom. The first-order valence-electron chi connectivity index (χ1n) is 9.51. The van der Waals surface area contributed by atoms with Crippen molar-refractivity contribution in [2.24, 2.45) is 0 Å². The zero-order valence-electron chi connectivity index (χ0n) is 16.9. The molecule has 32 heavy (non-hydrogen) atoms. The van der Waals surface area contributed by atoms with Gasteiger partial charge in [-0.3, -0.25) is 4.79 Å². The van der Waals surface area contributed by atoms with Gasteiger partial charge in [-0.05, 0) is 86.0 Å². The predicted octanol–water partition coefficient (Wildman–Crippen LogP) is 7.19. The van der Waals surface area contributed by atoms with E-state index in [1.54, 1.807) is 31.4 Å². The van der Waals surface area contributed by atoms with Gasteiger partial charge in [-0.1, -0.05) is 28.1 Å². The van der Waals surface area contributed by atoms with Gasteiger partial charge in [0.25, 0.3) is 0 Å². The van der Waals surface area contributed by atoms with Gasteiger partial charge in [0.15, 0.2) is 17.3 Å². The quantitative estimate of drug-likeness (QED) is 0.206. The third-order valence-corrected chi connectivity index (χ3v) is 6.36. The first kappa shape index (κ1) is 22.9. The molecule has 0 fully saturated rings. The van der Waals surface area contributed by atoms with E-state index >= 15 is 0 Å². The van der Waals surface area contributed by atoms with Gasteiger partial charge >= 0.3 is 0 Å². The van der Waals surface area contributed by atoms with Gasteiger partial charge in [0.05, 0.1) is 16.1 Å². The molecule has 4 rings (SSSR count). The normalized spacial score (nSPS) is 12.2. The van der Waals surface area contributed by atoms with Crippen molar-refractivity contribution in [1.82, 2.24) is 0 Å². The molecule has 0 spiro atoms. The Morgan fingerprint density at radius 3 is 2.50 bits per heavy atom. The lowest BCUT2D eigenvalue weighted by Gasteiger charge is -2.14. The van der Waals surface area contributed by atoms with Gasteiger partial charge in [-0.15, -0.1) is 0 Å². The lowest BCUT2D eigenvalue weighted by molar-refractivity contribution is 0.104. The lowest BCUT2D eigenvalue weighted by Crippen LogP contribution is -2.00. The van der Waals surface area contributed by atoms with Crippen LogP contribution in [0.2, 0.25) is 0 Å². The number of fused-ring (bicyclic) bond motifs is 1. The predicted molar refractivity (Wildman–Crippen MR) is 133 cm³/mol. The number of ketones is 1. The Hall–Kier alpha value is -2.29. The number of rotatable bonds is 7. The number of carbonyl (C=O) groups excluding carboxylic acids is 1. The molecule has 0 amide bonds. The van der Waals surface area contributed by atoms with Crippen LogP contribution in [0.3, 0.4) is 0 Å². The number of hydrogen-bond donors (Lipinski definition) is 0. The Bertz CT molecular complexity index is 1180. The maximum absolute atomic E-state index is 12.6. The molecule has 0 saturated carbocycles. The Balaban J connectivity index is 1.51. The number of halogens is 3. The van der Waals surface area contributed by atoms with Gasteiger partial charge in [0.2, 0.25) is 6.79 Å². The van der Waals surface area contributed by atoms with Crippen molar-refractivity contribution in [3.8, 4) is 23.0 Å². The van der Waals surface area contributed by atoms with Crippen molar-refractivity contribution in [2.45, 2.75) is 6.61 Å². The first-order valence-corrected chi connectivity index (χ1v) is 11.9. The highest BCUT2D eigenvalue weighted by Crippen LogP contribution is 2.37. The third kappa shape index (κ3) is 5.19. The van der Waals surface area contributed by atoms with E-state index in [-0.39, 0.29) is 12.6 Å². The number of ether oxygens (including phenoxy) is 4. The average molecular weight is 625 g/mol. The van der Waals surface area contributed by atoms with Crippen LogP contribution in [-0.4, -0.2) is 19.7 Å². The fourth-order valence-electron chi connectivity index (χ4n) is 3.15. The van der Waals surface area contributed by atoms with Crippen LogP contribution in [-0.2, 0) is 6.61 Å². The molecule has 0 bridgehead atoms. The zero-order chi connectivity index (χ0) is 22.7. The Labute approximate surface area is 210 Å². The average Bonchev–Trinajstić information content (AvgIpc) is 3.24. The molecule has 3 aromatic rings. The lowest BCUT2D eigenvalue weighted by atomic mass is 10.1. The standard InChI is InChI=1S/C24H17Br3O5/c1-29-21-6-3-14(2-5-20(28)15-4-7-22-23(9-15)32-13-31-22)8-16(21)12-30-24-18(26)10-17(25)11-19(24)27/h2-11H,12-13H2,1H3/b5-2+. The SMILES string of the molecule is COc1ccc(/C=C/C(=O)c2ccc3c(c2)OCO3)cc1COc1c(Br)cc(Br)cc1Br. The van der Waals surface area contributed by atoms with Gasteiger partial charge in [-0.2, -0.15) is 0 Å². The summed E-state index contributed by atoms with van der Waals surface area (Å²) in [4.78, 5) is 12.6. The summed E-state index contributed by atoms with van der Waals surface area (Å²) in [5, 5.41) is 0. The highest BCUT2D eigenvalue weighted by molar-refractivity contribution is 9.11. The molecule has 0 saturated heterocycles. The highest BCUT2D eigenvalue weighted by atomic mass is 79.9. The van der Waals surface area contributed by atoms with Crippen LogP contribution in [0.1, 0.15) is 21.5 Å². The van der Waals surface area contributed by atoms with Gasteiger partial charge in [-0.25, -0.2) is 0 Å². The zero-order valence-corrected chi connectivity index (χ0v) is 21.6. The van der Waals surface area contributed by atoms with Crippen molar-refractivity contribution in [1.29, 1.82) is 0 Å². The summed E-state index contributed by atoms with van der Waals surface area (Å²) in [5.74, 6) is 2.50. The summed E-state index contributed by atoms with van der Waals surface area (Å²) in [5.41, 5.74) is 2.24. The minimum Gasteiger partial charge on any atom is -0.496 e. The Morgan fingerprint density at radius 2 is 1.75 bits per heavy atom. The summed E-state index contributed by atoms with van der Waals surface area (Å²) in [6.45, 7) is 0.465. The van der Waals surface area contributed by atoms with Crippen LogP contribution < -0.4 is 18.9 Å². The minimum atomic E-state index is -0.125. The number of carbonyl (C=O) groups is 1. The molecule has 1 aliphatic heterocycles. The van der Waals surface area contributed by atoms with Crippen LogP contribution in [0, 0.1) is 0 Å². The largest absolute Gasteiger partial charge is 0.496 e. The van der Waals surface area contributed by atoms with Crippen LogP contribution in [0.5, 0.6) is 23.0 Å². The molecule has 5 nitrogen and oxygen atoms in total. The molecular weight excluding hydrogens is 608 g/mol. The molecule has 0 unspecified atom stereocenters. The van der Waals surface area contributed by atoms with Crippen LogP contribution in [0.4, 0.5) is 0 Å². The molecule has 1 aliphatic rings. The molecular formula is C24H17Br3O5. The van der Waals surface area contributed by atoms with Crippen LogP contribution >= 0.6 is 47.8 Å². The smallest absolute Gasteiger partial charge is 0.231 e. The van der Waals surface area contributed by atoms with Gasteiger partial charge in [0, 0.05) is 15.6 Å². The van der Waals surface area contributed by atoms with Crippen molar-refractivity contribution >= 4 is 59.6 Å². The fraction of sp³-hybridized carbons (Fsp3) is 0.125. The molecule has 0 atom stereocenters. The molecule has 0 aliphatic carbocycles. The van der Waals surface area contributed by atoms with Crippen LogP contribution in [0.25, 0.3) is 6.08 Å². The maximum atomic E-state index is 12.6. The van der Waals surface area contributed by atoms with E-state index < -0.39 is 0 Å². The van der Waals surface area contributed by atoms with Crippen molar-refractivity contribution in [3.63, 3.8) is 0 Å². The van der Waals surface area contributed by atoms with Gasteiger partial charge in [0.1, 0.15) is 18.1 Å². The van der Waals surface area contributed by atoms with E-state index in [2.05, 4.69) is 47.8 Å². The summed E-state index contributed by atoms with van der Waals surface area (Å²) >= 11 is 10.5. The van der Waals surface area contributed by atoms with Gasteiger partial charge < -0.3 is 18.9 Å². The number of methoxy groups -OCH3 is 1. The summed E-state index contributed by atoms with van der Waals surface area (Å²) in [6.07, 6.45) is 3.30. The summed E-state index contributed by atoms with van der Waals surface area (Å²) in [7, 11) is 1.61. The molecule has 0 N–H and O–H groups in total. The second kappa shape index (κ2) is 10.1. The second-order valence-corrected chi connectivity index (χ2v) is 9.45. The molecule has 3 aromatic carbocycles. The molecule has 164 valence electrons. The minimum absolute atomic E-state index is 0.125. The van der Waals surface area contributed by atoms with Crippen molar-refractivity contribution < 1.29 is 23.7 Å². The van der Waals surface area contributed by atoms with Crippen molar-refractivity contribution in [3.05, 3.63) is 84.7 Å². The van der Waals surface area contributed by atoms with E-state index in [1.165, 1.54) is 6.08 Å². The number of allylic oxidation sites excluding steroid dienone is 1. The Kier molecular flexibility index (Phi) is 7.23. The number of hydrogen-bond acceptors (Lipinski definition) is 5. The molecule has 0 aromatic heterocycles. The first-order chi connectivity index (χ1) is 15.4. The van der Waals surface area contributed by atoms with E-state index in [4.69, 9.17) is 18.9 Å². The summed E-state index contributed by atoms with van der Waals surface area (Å²) < 4.78 is 24.7.